The zero-order valence-corrected chi connectivity index (χ0v) is 27.6. The molecule has 3 aromatic rings. The molecule has 2 N–H and O–H groups in total. The number of nitrogens with one attached hydrogen (secondary N) is 2. The number of benzene rings is 4. The lowest BCUT2D eigenvalue weighted by molar-refractivity contribution is -0.496. The molecule has 3 aromatic carbocycles. The summed E-state index contributed by atoms with van der Waals surface area (Å²) in [4.78, 5) is 40.6. The number of esters is 3. The highest BCUT2D eigenvalue weighted by Gasteiger charge is 2.24. The molecule has 0 unspecified atom stereocenters. The van der Waals surface area contributed by atoms with Crippen LogP contribution in [0, 0.1) is 13.8 Å². The lowest BCUT2D eigenvalue weighted by Crippen LogP contribution is -2.76. The highest BCUT2D eigenvalue weighted by Crippen LogP contribution is 2.43. The van der Waals surface area contributed by atoms with Crippen molar-refractivity contribution in [1.29, 1.82) is 0 Å². The SMILES string of the molecule is C=CC(=O)OCCOC(=O)c1ccc(COC(=O)c2ccccc2-c2c3cc(C)c(=[NH+]CC)cc-3oc3cc(NCC)c(C)cc23)cc1. The summed E-state index contributed by atoms with van der Waals surface area (Å²) in [6, 6.07) is 22.2. The number of carbonyl (C=O) groups excluding carboxylic acids is 3. The van der Waals surface area contributed by atoms with E-state index < -0.39 is 17.9 Å². The second-order valence-corrected chi connectivity index (χ2v) is 11.2. The summed E-state index contributed by atoms with van der Waals surface area (Å²) in [5, 5.41) is 5.29. The lowest BCUT2D eigenvalue weighted by atomic mass is 9.89. The molecule has 1 heterocycles. The first-order valence-corrected chi connectivity index (χ1v) is 15.9. The Morgan fingerprint density at radius 1 is 0.854 bits per heavy atom. The molecule has 1 aliphatic heterocycles. The van der Waals surface area contributed by atoms with Gasteiger partial charge >= 0.3 is 17.9 Å². The monoisotopic (exact) mass is 647 g/mol. The third kappa shape index (κ3) is 7.47. The van der Waals surface area contributed by atoms with E-state index in [2.05, 4.69) is 56.7 Å². The van der Waals surface area contributed by atoms with Crippen LogP contribution in [-0.4, -0.2) is 44.2 Å². The molecule has 246 valence electrons. The van der Waals surface area contributed by atoms with Crippen molar-refractivity contribution in [1.82, 2.24) is 0 Å². The normalized spacial score (nSPS) is 11.4. The van der Waals surface area contributed by atoms with E-state index in [-0.39, 0.29) is 19.8 Å². The van der Waals surface area contributed by atoms with Gasteiger partial charge in [-0.05, 0) is 74.7 Å². The van der Waals surface area contributed by atoms with Crippen molar-refractivity contribution in [2.24, 2.45) is 0 Å². The van der Waals surface area contributed by atoms with E-state index >= 15 is 0 Å². The highest BCUT2D eigenvalue weighted by molar-refractivity contribution is 6.08. The third-order valence-corrected chi connectivity index (χ3v) is 7.85. The molecule has 9 nitrogen and oxygen atoms in total. The number of fused-ring (bicyclic) bond motifs is 2. The van der Waals surface area contributed by atoms with E-state index in [0.717, 1.165) is 63.4 Å². The molecule has 0 atom stereocenters. The molecular formula is C39H39N2O7+. The van der Waals surface area contributed by atoms with Crippen LogP contribution in [0.2, 0.25) is 0 Å². The van der Waals surface area contributed by atoms with Gasteiger partial charge < -0.3 is 23.9 Å². The summed E-state index contributed by atoms with van der Waals surface area (Å²) in [5.41, 5.74) is 7.75. The molecule has 0 bridgehead atoms. The van der Waals surface area contributed by atoms with E-state index in [4.69, 9.17) is 18.6 Å². The minimum Gasteiger partial charge on any atom is -0.459 e. The van der Waals surface area contributed by atoms with Gasteiger partial charge in [0.05, 0.1) is 17.2 Å². The van der Waals surface area contributed by atoms with E-state index in [1.807, 2.05) is 30.3 Å². The van der Waals surface area contributed by atoms with Crippen LogP contribution in [0.3, 0.4) is 0 Å². The predicted octanol–water partition coefficient (Wildman–Crippen LogP) is 5.50. The number of hydrogen-bond donors (Lipinski definition) is 2. The fourth-order valence-corrected chi connectivity index (χ4v) is 5.51. The Kier molecular flexibility index (Phi) is 10.7. The number of aryl methyl sites for hydroxylation is 2. The summed E-state index contributed by atoms with van der Waals surface area (Å²) in [6.45, 7) is 12.9. The number of carbonyl (C=O) groups is 3. The summed E-state index contributed by atoms with van der Waals surface area (Å²) in [5.74, 6) is -0.926. The first-order valence-electron chi connectivity index (χ1n) is 15.9. The molecule has 48 heavy (non-hydrogen) atoms. The Morgan fingerprint density at radius 3 is 2.33 bits per heavy atom. The van der Waals surface area contributed by atoms with Crippen LogP contribution in [0.4, 0.5) is 5.69 Å². The number of anilines is 1. The molecule has 5 rings (SSSR count). The molecule has 1 aliphatic carbocycles. The summed E-state index contributed by atoms with van der Waals surface area (Å²) < 4.78 is 22.3. The van der Waals surface area contributed by atoms with Crippen molar-refractivity contribution < 1.29 is 38.0 Å². The van der Waals surface area contributed by atoms with E-state index in [9.17, 15) is 14.4 Å². The van der Waals surface area contributed by atoms with Gasteiger partial charge in [0.2, 0.25) is 5.36 Å². The van der Waals surface area contributed by atoms with Crippen molar-refractivity contribution in [3.63, 3.8) is 0 Å². The Morgan fingerprint density at radius 2 is 1.60 bits per heavy atom. The van der Waals surface area contributed by atoms with Gasteiger partial charge in [-0.2, -0.15) is 0 Å². The standard InChI is InChI=1S/C39H38N2O7/c1-6-36(42)45-17-18-46-38(43)27-15-13-26(14-16-27)23-47-39(44)29-12-10-9-11-28(29)37-30-19-24(4)32(40-7-2)21-34(30)48-35-22-33(41-8-3)25(5)20-31(35)37/h6,9-16,19-22,40H,1,7-8,17-18,23H2,2-5H3/p+1. The minimum atomic E-state index is -0.587. The molecule has 0 radical (unpaired) electrons. The maximum Gasteiger partial charge on any atom is 0.339 e. The van der Waals surface area contributed by atoms with Crippen LogP contribution >= 0.6 is 0 Å². The van der Waals surface area contributed by atoms with Crippen molar-refractivity contribution in [2.45, 2.75) is 34.3 Å². The van der Waals surface area contributed by atoms with Gasteiger partial charge in [0.25, 0.3) is 0 Å². The van der Waals surface area contributed by atoms with E-state index in [0.29, 0.717) is 28.0 Å². The summed E-state index contributed by atoms with van der Waals surface area (Å²) in [7, 11) is 0. The molecule has 0 spiro atoms. The maximum atomic E-state index is 13.7. The minimum absolute atomic E-state index is 0.00191. The lowest BCUT2D eigenvalue weighted by Gasteiger charge is -2.19. The Bertz CT molecular complexity index is 2030. The molecule has 0 saturated carbocycles. The molecule has 9 heteroatoms. The molecule has 0 aromatic heterocycles. The molecular weight excluding hydrogens is 608 g/mol. The molecule has 2 aliphatic rings. The van der Waals surface area contributed by atoms with Gasteiger partial charge in [-0.25, -0.2) is 19.4 Å². The van der Waals surface area contributed by atoms with Crippen molar-refractivity contribution in [3.05, 3.63) is 119 Å². The molecule has 0 fully saturated rings. The van der Waals surface area contributed by atoms with Gasteiger partial charge in [0, 0.05) is 46.5 Å². The second-order valence-electron chi connectivity index (χ2n) is 11.2. The number of hydrogen-bond acceptors (Lipinski definition) is 8. The zero-order valence-electron chi connectivity index (χ0n) is 27.6. The average molecular weight is 648 g/mol. The Balaban J connectivity index is 1.44. The van der Waals surface area contributed by atoms with Gasteiger partial charge in [-0.3, -0.25) is 0 Å². The van der Waals surface area contributed by atoms with Gasteiger partial charge in [0.15, 0.2) is 0 Å². The third-order valence-electron chi connectivity index (χ3n) is 7.85. The Hall–Kier alpha value is -5.70. The molecule has 0 saturated heterocycles. The van der Waals surface area contributed by atoms with Crippen LogP contribution in [0.1, 0.15) is 51.3 Å². The Labute approximate surface area is 279 Å². The smallest absolute Gasteiger partial charge is 0.339 e. The zero-order chi connectivity index (χ0) is 34.2. The van der Waals surface area contributed by atoms with Crippen molar-refractivity contribution in [3.8, 4) is 22.5 Å². The fourth-order valence-electron chi connectivity index (χ4n) is 5.51. The van der Waals surface area contributed by atoms with Crippen LogP contribution in [-0.2, 0) is 25.6 Å². The summed E-state index contributed by atoms with van der Waals surface area (Å²) >= 11 is 0. The van der Waals surface area contributed by atoms with Crippen LogP contribution < -0.4 is 15.7 Å². The number of ether oxygens (including phenoxy) is 3. The first-order chi connectivity index (χ1) is 23.2. The van der Waals surface area contributed by atoms with Gasteiger partial charge in [-0.1, -0.05) is 36.9 Å². The van der Waals surface area contributed by atoms with Crippen LogP contribution in [0.25, 0.3) is 33.4 Å². The van der Waals surface area contributed by atoms with E-state index in [1.54, 1.807) is 30.3 Å². The van der Waals surface area contributed by atoms with Crippen LogP contribution in [0.15, 0.2) is 89.9 Å². The van der Waals surface area contributed by atoms with Crippen molar-refractivity contribution >= 4 is 34.6 Å². The quantitative estimate of drug-likeness (QED) is 0.0600. The van der Waals surface area contributed by atoms with Crippen molar-refractivity contribution in [2.75, 3.05) is 31.6 Å². The highest BCUT2D eigenvalue weighted by atomic mass is 16.6. The van der Waals surface area contributed by atoms with Gasteiger partial charge in [-0.15, -0.1) is 0 Å². The maximum absolute atomic E-state index is 13.7. The second kappa shape index (κ2) is 15.3. The average Bonchev–Trinajstić information content (AvgIpc) is 3.09. The van der Waals surface area contributed by atoms with E-state index in [1.165, 1.54) is 0 Å². The molecule has 0 amide bonds. The predicted molar refractivity (Wildman–Crippen MR) is 184 cm³/mol. The van der Waals surface area contributed by atoms with Gasteiger partial charge in [0.1, 0.15) is 37.7 Å². The largest absolute Gasteiger partial charge is 0.459 e. The first kappa shape index (κ1) is 33.7. The topological polar surface area (TPSA) is 118 Å². The summed E-state index contributed by atoms with van der Waals surface area (Å²) in [6.07, 6.45) is 1.04. The fraction of sp³-hybridized carbons (Fsp3) is 0.231. The van der Waals surface area contributed by atoms with Crippen LogP contribution in [0.5, 0.6) is 0 Å². The number of rotatable bonds is 12.